The highest BCUT2D eigenvalue weighted by atomic mass is 16.5. The molecule has 5 heteroatoms. The Kier molecular flexibility index (Phi) is 6.04. The predicted molar refractivity (Wildman–Crippen MR) is 127 cm³/mol. The zero-order valence-corrected chi connectivity index (χ0v) is 19.2. The molecule has 0 radical (unpaired) electrons. The molecule has 1 aliphatic carbocycles. The number of hydrogen-bond donors (Lipinski definition) is 1. The van der Waals surface area contributed by atoms with Crippen molar-refractivity contribution in [3.63, 3.8) is 0 Å². The van der Waals surface area contributed by atoms with E-state index in [1.54, 1.807) is 0 Å². The van der Waals surface area contributed by atoms with Gasteiger partial charge in [-0.15, -0.1) is 0 Å². The highest BCUT2D eigenvalue weighted by Crippen LogP contribution is 2.49. The van der Waals surface area contributed by atoms with Crippen LogP contribution in [0.1, 0.15) is 62.6 Å². The van der Waals surface area contributed by atoms with Gasteiger partial charge in [0.2, 0.25) is 5.91 Å². The fourth-order valence-electron chi connectivity index (χ4n) is 6.30. The summed E-state index contributed by atoms with van der Waals surface area (Å²) in [5.74, 6) is 0.168. The number of pyridine rings is 1. The Morgan fingerprint density at radius 1 is 1.12 bits per heavy atom. The zero-order valence-electron chi connectivity index (χ0n) is 19.2. The maximum atomic E-state index is 13.2. The van der Waals surface area contributed by atoms with E-state index in [0.717, 1.165) is 50.9 Å². The van der Waals surface area contributed by atoms with E-state index in [2.05, 4.69) is 35.6 Å². The molecule has 1 spiro atoms. The number of likely N-dealkylation sites (N-methyl/N-ethyl adjacent to an activating group) is 1. The van der Waals surface area contributed by atoms with Gasteiger partial charge in [-0.3, -0.25) is 9.78 Å². The first kappa shape index (κ1) is 21.6. The smallest absolute Gasteiger partial charge is 0.243 e. The van der Waals surface area contributed by atoms with Crippen LogP contribution in [-0.4, -0.2) is 42.7 Å². The molecule has 1 aromatic carbocycles. The SMILES string of the molecule is CN1C(=O)C(NCC[C@@]2(c3ccccn3)CCOC3(CCCC3)C2)CCc2ccccc21. The number of rotatable bonds is 5. The number of benzene rings is 1. The number of hydrogen-bond acceptors (Lipinski definition) is 4. The standard InChI is InChI=1S/C27H35N3O2/c1-30-23-9-3-2-8-21(23)11-12-22(25(30)31)28-18-15-26(24-10-4-7-17-29-24)16-19-32-27(20-26)13-5-6-14-27/h2-4,7-10,17,22,28H,5-6,11-16,18-20H2,1H3/t22?,26-/m1/s1. The lowest BCUT2D eigenvalue weighted by atomic mass is 9.68. The van der Waals surface area contributed by atoms with Crippen molar-refractivity contribution >= 4 is 11.6 Å². The molecule has 1 aromatic heterocycles. The largest absolute Gasteiger partial charge is 0.375 e. The number of ether oxygens (including phenoxy) is 1. The van der Waals surface area contributed by atoms with E-state index in [-0.39, 0.29) is 23.0 Å². The summed E-state index contributed by atoms with van der Waals surface area (Å²) in [7, 11) is 1.90. The first-order valence-electron chi connectivity index (χ1n) is 12.3. The van der Waals surface area contributed by atoms with Crippen LogP contribution in [0.5, 0.6) is 0 Å². The van der Waals surface area contributed by atoms with E-state index in [1.165, 1.54) is 36.9 Å². The van der Waals surface area contributed by atoms with Crippen molar-refractivity contribution in [1.82, 2.24) is 10.3 Å². The third-order valence-corrected chi connectivity index (χ3v) is 8.05. The van der Waals surface area contributed by atoms with Crippen molar-refractivity contribution in [2.45, 2.75) is 74.8 Å². The molecule has 5 rings (SSSR count). The second-order valence-corrected chi connectivity index (χ2v) is 9.98. The van der Waals surface area contributed by atoms with Crippen LogP contribution in [0.3, 0.4) is 0 Å². The highest BCUT2D eigenvalue weighted by molar-refractivity contribution is 5.98. The number of aryl methyl sites for hydroxylation is 1. The molecule has 1 unspecified atom stereocenters. The van der Waals surface area contributed by atoms with Gasteiger partial charge in [-0.1, -0.05) is 37.1 Å². The molecule has 32 heavy (non-hydrogen) atoms. The average Bonchev–Trinajstić information content (AvgIpc) is 3.23. The topological polar surface area (TPSA) is 54.5 Å². The second kappa shape index (κ2) is 8.95. The van der Waals surface area contributed by atoms with E-state index in [4.69, 9.17) is 9.72 Å². The number of nitrogens with one attached hydrogen (secondary N) is 1. The van der Waals surface area contributed by atoms with Crippen LogP contribution in [0.25, 0.3) is 0 Å². The van der Waals surface area contributed by atoms with Crippen LogP contribution in [-0.2, 0) is 21.4 Å². The normalized spacial score (nSPS) is 27.3. The van der Waals surface area contributed by atoms with Crippen LogP contribution < -0.4 is 10.2 Å². The summed E-state index contributed by atoms with van der Waals surface area (Å²) in [5.41, 5.74) is 3.52. The van der Waals surface area contributed by atoms with Gasteiger partial charge in [-0.2, -0.15) is 0 Å². The lowest BCUT2D eigenvalue weighted by Crippen LogP contribution is -2.49. The van der Waals surface area contributed by atoms with Gasteiger partial charge in [0.25, 0.3) is 0 Å². The van der Waals surface area contributed by atoms with Crippen LogP contribution in [0.15, 0.2) is 48.7 Å². The fraction of sp³-hybridized carbons (Fsp3) is 0.556. The van der Waals surface area contributed by atoms with Gasteiger partial charge in [0, 0.05) is 36.6 Å². The molecular formula is C27H35N3O2. The molecule has 0 bridgehead atoms. The van der Waals surface area contributed by atoms with E-state index in [1.807, 2.05) is 30.3 Å². The van der Waals surface area contributed by atoms with Crippen molar-refractivity contribution in [1.29, 1.82) is 0 Å². The quantitative estimate of drug-likeness (QED) is 0.759. The number of anilines is 1. The Labute approximate surface area is 191 Å². The Hall–Kier alpha value is -2.24. The minimum absolute atomic E-state index is 0.0134. The van der Waals surface area contributed by atoms with Gasteiger partial charge in [0.1, 0.15) is 0 Å². The molecule has 2 atom stereocenters. The third kappa shape index (κ3) is 4.08. The third-order valence-electron chi connectivity index (χ3n) is 8.05. The van der Waals surface area contributed by atoms with Gasteiger partial charge in [-0.25, -0.2) is 0 Å². The van der Waals surface area contributed by atoms with Crippen molar-refractivity contribution in [2.24, 2.45) is 0 Å². The van der Waals surface area contributed by atoms with Crippen molar-refractivity contribution < 1.29 is 9.53 Å². The van der Waals surface area contributed by atoms with Crippen LogP contribution in [0.4, 0.5) is 5.69 Å². The van der Waals surface area contributed by atoms with Crippen molar-refractivity contribution in [3.8, 4) is 0 Å². The molecule has 1 saturated heterocycles. The lowest BCUT2D eigenvalue weighted by molar-refractivity contribution is -0.120. The van der Waals surface area contributed by atoms with Crippen LogP contribution in [0.2, 0.25) is 0 Å². The number of carbonyl (C=O) groups excluding carboxylic acids is 1. The molecular weight excluding hydrogens is 398 g/mol. The molecule has 3 heterocycles. The molecule has 5 nitrogen and oxygen atoms in total. The second-order valence-electron chi connectivity index (χ2n) is 9.98. The number of fused-ring (bicyclic) bond motifs is 1. The molecule has 2 aromatic rings. The van der Waals surface area contributed by atoms with E-state index in [0.29, 0.717) is 0 Å². The molecule has 1 saturated carbocycles. The maximum Gasteiger partial charge on any atom is 0.243 e. The first-order chi connectivity index (χ1) is 15.6. The molecule has 2 fully saturated rings. The summed E-state index contributed by atoms with van der Waals surface area (Å²) in [4.78, 5) is 19.8. The van der Waals surface area contributed by atoms with E-state index >= 15 is 0 Å². The molecule has 170 valence electrons. The molecule has 3 aliphatic rings. The van der Waals surface area contributed by atoms with Crippen LogP contribution in [0, 0.1) is 0 Å². The number of para-hydroxylation sites is 1. The van der Waals surface area contributed by atoms with Crippen molar-refractivity contribution in [3.05, 3.63) is 59.9 Å². The summed E-state index contributed by atoms with van der Waals surface area (Å²) in [6.45, 7) is 1.62. The minimum Gasteiger partial charge on any atom is -0.375 e. The predicted octanol–water partition coefficient (Wildman–Crippen LogP) is 4.40. The highest BCUT2D eigenvalue weighted by Gasteiger charge is 2.48. The summed E-state index contributed by atoms with van der Waals surface area (Å²) in [5, 5.41) is 3.64. The number of carbonyl (C=O) groups is 1. The van der Waals surface area contributed by atoms with Crippen molar-refractivity contribution in [2.75, 3.05) is 25.1 Å². The van der Waals surface area contributed by atoms with E-state index < -0.39 is 0 Å². The fourth-order valence-corrected chi connectivity index (χ4v) is 6.30. The van der Waals surface area contributed by atoms with Gasteiger partial charge < -0.3 is 15.0 Å². The molecule has 1 amide bonds. The van der Waals surface area contributed by atoms with Crippen LogP contribution >= 0.6 is 0 Å². The Bertz CT molecular complexity index is 941. The monoisotopic (exact) mass is 433 g/mol. The Balaban J connectivity index is 1.31. The van der Waals surface area contributed by atoms with Gasteiger partial charge in [-0.05, 0) is 75.3 Å². The first-order valence-corrected chi connectivity index (χ1v) is 12.3. The zero-order chi connectivity index (χ0) is 22.0. The summed E-state index contributed by atoms with van der Waals surface area (Å²) < 4.78 is 6.37. The molecule has 1 N–H and O–H groups in total. The Morgan fingerprint density at radius 3 is 2.75 bits per heavy atom. The lowest BCUT2D eigenvalue weighted by Gasteiger charge is -2.46. The number of amides is 1. The number of nitrogens with zero attached hydrogens (tertiary/aromatic N) is 2. The minimum atomic E-state index is -0.145. The number of aromatic nitrogens is 1. The summed E-state index contributed by atoms with van der Waals surface area (Å²) in [6.07, 6.45) is 11.6. The molecule has 2 aliphatic heterocycles. The average molecular weight is 434 g/mol. The van der Waals surface area contributed by atoms with Gasteiger partial charge >= 0.3 is 0 Å². The van der Waals surface area contributed by atoms with Gasteiger partial charge in [0.15, 0.2) is 0 Å². The summed E-state index contributed by atoms with van der Waals surface area (Å²) in [6, 6.07) is 14.4. The van der Waals surface area contributed by atoms with Gasteiger partial charge in [0.05, 0.1) is 11.6 Å². The van der Waals surface area contributed by atoms with E-state index in [9.17, 15) is 4.79 Å². The summed E-state index contributed by atoms with van der Waals surface area (Å²) >= 11 is 0. The Morgan fingerprint density at radius 2 is 1.94 bits per heavy atom. The maximum absolute atomic E-state index is 13.2.